The van der Waals surface area contributed by atoms with Crippen molar-refractivity contribution in [1.82, 2.24) is 15.0 Å². The van der Waals surface area contributed by atoms with E-state index in [-0.39, 0.29) is 0 Å². The van der Waals surface area contributed by atoms with Gasteiger partial charge in [-0.2, -0.15) is 4.98 Å². The first-order valence-corrected chi connectivity index (χ1v) is 8.56. The average Bonchev–Trinajstić information content (AvgIpc) is 2.62. The van der Waals surface area contributed by atoms with Crippen LogP contribution in [0.25, 0.3) is 10.9 Å². The molecule has 122 valence electrons. The van der Waals surface area contributed by atoms with Crippen LogP contribution in [0, 0.1) is 0 Å². The minimum Gasteiger partial charge on any atom is -0.378 e. The highest BCUT2D eigenvalue weighted by atomic mass is 79.9. The summed E-state index contributed by atoms with van der Waals surface area (Å²) in [7, 11) is 0. The molecule has 0 saturated carbocycles. The lowest BCUT2D eigenvalue weighted by atomic mass is 10.2. The molecule has 6 nitrogen and oxygen atoms in total. The van der Waals surface area contributed by atoms with E-state index in [9.17, 15) is 0 Å². The summed E-state index contributed by atoms with van der Waals surface area (Å²) in [6.07, 6.45) is 1.81. The Hall–Kier alpha value is -2.25. The van der Waals surface area contributed by atoms with Crippen LogP contribution >= 0.6 is 15.9 Å². The van der Waals surface area contributed by atoms with Gasteiger partial charge in [0.15, 0.2) is 0 Å². The normalized spacial score (nSPS) is 14.8. The van der Waals surface area contributed by atoms with Crippen molar-refractivity contribution in [2.45, 2.75) is 0 Å². The van der Waals surface area contributed by atoms with Crippen LogP contribution in [0.2, 0.25) is 0 Å². The van der Waals surface area contributed by atoms with Crippen LogP contribution in [-0.2, 0) is 4.74 Å². The fourth-order valence-electron chi connectivity index (χ4n) is 2.66. The monoisotopic (exact) mass is 385 g/mol. The summed E-state index contributed by atoms with van der Waals surface area (Å²) < 4.78 is 6.13. The van der Waals surface area contributed by atoms with Crippen LogP contribution in [0.1, 0.15) is 0 Å². The third-order valence-electron chi connectivity index (χ3n) is 3.84. The van der Waals surface area contributed by atoms with E-state index in [1.165, 1.54) is 0 Å². The Morgan fingerprint density at radius 1 is 1.08 bits per heavy atom. The van der Waals surface area contributed by atoms with Crippen LogP contribution in [0.3, 0.4) is 0 Å². The molecule has 1 N–H and O–H groups in total. The van der Waals surface area contributed by atoms with Crippen molar-refractivity contribution in [2.75, 3.05) is 36.5 Å². The predicted molar refractivity (Wildman–Crippen MR) is 97.8 cm³/mol. The molecule has 0 amide bonds. The summed E-state index contributed by atoms with van der Waals surface area (Å²) in [5.41, 5.74) is 1.87. The molecule has 4 rings (SSSR count). The van der Waals surface area contributed by atoms with E-state index < -0.39 is 0 Å². The number of aromatic nitrogens is 3. The molecule has 0 atom stereocenters. The van der Waals surface area contributed by atoms with Crippen molar-refractivity contribution < 1.29 is 4.74 Å². The number of para-hydroxylation sites is 1. The van der Waals surface area contributed by atoms with Crippen LogP contribution in [0.5, 0.6) is 0 Å². The van der Waals surface area contributed by atoms with Crippen molar-refractivity contribution in [3.63, 3.8) is 0 Å². The zero-order valence-corrected chi connectivity index (χ0v) is 14.5. The number of halogens is 1. The first kappa shape index (κ1) is 15.3. The summed E-state index contributed by atoms with van der Waals surface area (Å²) in [6.45, 7) is 3.00. The molecule has 7 heteroatoms. The molecule has 1 saturated heterocycles. The van der Waals surface area contributed by atoms with Gasteiger partial charge in [0.05, 0.1) is 30.6 Å². The maximum absolute atomic E-state index is 5.39. The number of fused-ring (bicyclic) bond motifs is 1. The van der Waals surface area contributed by atoms with Gasteiger partial charge in [-0.15, -0.1) is 0 Å². The van der Waals surface area contributed by atoms with Gasteiger partial charge in [0.1, 0.15) is 10.4 Å². The summed E-state index contributed by atoms with van der Waals surface area (Å²) in [6, 6.07) is 12.0. The average molecular weight is 386 g/mol. The summed E-state index contributed by atoms with van der Waals surface area (Å²) in [5, 5.41) is 4.40. The molecular formula is C17H16BrN5O. The van der Waals surface area contributed by atoms with Crippen LogP contribution in [-0.4, -0.2) is 41.3 Å². The minimum atomic E-state index is 0.698. The second kappa shape index (κ2) is 6.70. The van der Waals surface area contributed by atoms with Gasteiger partial charge in [0.2, 0.25) is 5.95 Å². The minimum absolute atomic E-state index is 0.698. The lowest BCUT2D eigenvalue weighted by Crippen LogP contribution is -2.37. The number of hydrogen-bond donors (Lipinski definition) is 1. The van der Waals surface area contributed by atoms with E-state index in [1.54, 1.807) is 0 Å². The second-order valence-electron chi connectivity index (χ2n) is 5.52. The summed E-state index contributed by atoms with van der Waals surface area (Å²) in [4.78, 5) is 15.7. The van der Waals surface area contributed by atoms with Gasteiger partial charge in [0.25, 0.3) is 0 Å². The fourth-order valence-corrected chi connectivity index (χ4v) is 3.04. The molecule has 3 heterocycles. The van der Waals surface area contributed by atoms with Crippen LogP contribution in [0.4, 0.5) is 17.5 Å². The smallest absolute Gasteiger partial charge is 0.228 e. The highest BCUT2D eigenvalue weighted by Gasteiger charge is 2.15. The highest BCUT2D eigenvalue weighted by Crippen LogP contribution is 2.23. The van der Waals surface area contributed by atoms with E-state index in [1.807, 2.05) is 36.5 Å². The van der Waals surface area contributed by atoms with Crippen LogP contribution in [0.15, 0.2) is 47.2 Å². The molecule has 0 aliphatic carbocycles. The molecule has 1 aliphatic heterocycles. The Bertz CT molecular complexity index is 866. The number of anilines is 3. The van der Waals surface area contributed by atoms with Crippen molar-refractivity contribution in [3.05, 3.63) is 47.2 Å². The lowest BCUT2D eigenvalue weighted by Gasteiger charge is -2.27. The number of pyridine rings is 1. The van der Waals surface area contributed by atoms with E-state index in [0.717, 1.165) is 40.1 Å². The number of rotatable bonds is 3. The Labute approximate surface area is 148 Å². The molecule has 1 aromatic carbocycles. The predicted octanol–water partition coefficient (Wildman–Crippen LogP) is 3.37. The van der Waals surface area contributed by atoms with Crippen molar-refractivity contribution in [3.8, 4) is 0 Å². The fraction of sp³-hybridized carbons (Fsp3) is 0.235. The number of hydrogen-bond acceptors (Lipinski definition) is 6. The third-order valence-corrected chi connectivity index (χ3v) is 4.25. The molecule has 0 spiro atoms. The van der Waals surface area contributed by atoms with E-state index in [0.29, 0.717) is 19.2 Å². The van der Waals surface area contributed by atoms with Gasteiger partial charge >= 0.3 is 0 Å². The van der Waals surface area contributed by atoms with Gasteiger partial charge in [-0.25, -0.2) is 4.98 Å². The van der Waals surface area contributed by atoms with E-state index in [2.05, 4.69) is 47.2 Å². The molecular weight excluding hydrogens is 370 g/mol. The molecule has 0 bridgehead atoms. The number of benzene rings is 1. The zero-order chi connectivity index (χ0) is 16.4. The Morgan fingerprint density at radius 2 is 1.92 bits per heavy atom. The molecule has 1 aliphatic rings. The summed E-state index contributed by atoms with van der Waals surface area (Å²) in [5.74, 6) is 1.43. The molecule has 0 radical (unpaired) electrons. The molecule has 24 heavy (non-hydrogen) atoms. The Kier molecular flexibility index (Phi) is 4.27. The lowest BCUT2D eigenvalue weighted by molar-refractivity contribution is 0.122. The third kappa shape index (κ3) is 3.32. The van der Waals surface area contributed by atoms with Gasteiger partial charge in [0, 0.05) is 24.5 Å². The van der Waals surface area contributed by atoms with Gasteiger partial charge in [-0.3, -0.25) is 4.98 Å². The first-order chi connectivity index (χ1) is 11.8. The standard InChI is InChI=1S/C17H16BrN5O/c18-15-10-16(22-17(21-15)23-5-7-24-8-6-23)20-13-9-12-3-1-2-4-14(12)19-11-13/h1-4,9-11H,5-8H2,(H,20,21,22). The number of ether oxygens (including phenoxy) is 1. The van der Waals surface area contributed by atoms with Crippen LogP contribution < -0.4 is 10.2 Å². The second-order valence-corrected chi connectivity index (χ2v) is 6.33. The zero-order valence-electron chi connectivity index (χ0n) is 12.9. The SMILES string of the molecule is Brc1cc(Nc2cnc3ccccc3c2)nc(N2CCOCC2)n1. The molecule has 1 fully saturated rings. The molecule has 0 unspecified atom stereocenters. The first-order valence-electron chi connectivity index (χ1n) is 7.77. The van der Waals surface area contributed by atoms with Gasteiger partial charge < -0.3 is 15.0 Å². The highest BCUT2D eigenvalue weighted by molar-refractivity contribution is 9.10. The van der Waals surface area contributed by atoms with Gasteiger partial charge in [-0.05, 0) is 28.1 Å². The summed E-state index contributed by atoms with van der Waals surface area (Å²) >= 11 is 3.47. The van der Waals surface area contributed by atoms with Crippen molar-refractivity contribution in [1.29, 1.82) is 0 Å². The quantitative estimate of drug-likeness (QED) is 0.697. The number of nitrogens with one attached hydrogen (secondary N) is 1. The largest absolute Gasteiger partial charge is 0.378 e. The number of nitrogens with zero attached hydrogens (tertiary/aromatic N) is 4. The van der Waals surface area contributed by atoms with E-state index in [4.69, 9.17) is 4.74 Å². The topological polar surface area (TPSA) is 63.2 Å². The Balaban J connectivity index is 1.61. The number of morpholine rings is 1. The van der Waals surface area contributed by atoms with E-state index >= 15 is 0 Å². The van der Waals surface area contributed by atoms with Gasteiger partial charge in [-0.1, -0.05) is 18.2 Å². The molecule has 3 aromatic rings. The maximum Gasteiger partial charge on any atom is 0.228 e. The maximum atomic E-state index is 5.39. The Morgan fingerprint density at radius 3 is 2.79 bits per heavy atom. The van der Waals surface area contributed by atoms with Crippen molar-refractivity contribution in [2.24, 2.45) is 0 Å². The van der Waals surface area contributed by atoms with Crippen molar-refractivity contribution >= 4 is 44.3 Å². The molecule has 2 aromatic heterocycles.